The molecule has 15 heavy (non-hydrogen) atoms. The van der Waals surface area contributed by atoms with Gasteiger partial charge in [0.25, 0.3) is 0 Å². The highest BCUT2D eigenvalue weighted by Gasteiger charge is 2.11. The minimum Gasteiger partial charge on any atom is -0.423 e. The summed E-state index contributed by atoms with van der Waals surface area (Å²) in [5.41, 5.74) is 1.21. The molecule has 4 heteroatoms. The Morgan fingerprint density at radius 1 is 1.33 bits per heavy atom. The molecular weight excluding hydrogens is 189 g/mol. The molecule has 0 atom stereocenters. The van der Waals surface area contributed by atoms with E-state index in [1.165, 1.54) is 6.21 Å². The largest absolute Gasteiger partial charge is 0.489 e. The maximum atomic E-state index is 9.02. The summed E-state index contributed by atoms with van der Waals surface area (Å²) < 4.78 is 0. The van der Waals surface area contributed by atoms with Crippen LogP contribution in [0.4, 0.5) is 5.69 Å². The summed E-state index contributed by atoms with van der Waals surface area (Å²) in [4.78, 5) is 4.13. The van der Waals surface area contributed by atoms with Gasteiger partial charge in [-0.3, -0.25) is 4.99 Å². The third-order valence-electron chi connectivity index (χ3n) is 1.86. The van der Waals surface area contributed by atoms with Crippen molar-refractivity contribution < 1.29 is 10.0 Å². The van der Waals surface area contributed by atoms with Crippen molar-refractivity contribution in [3.05, 3.63) is 41.9 Å². The highest BCUT2D eigenvalue weighted by Crippen LogP contribution is 2.09. The Kier molecular flexibility index (Phi) is 4.80. The lowest BCUT2D eigenvalue weighted by atomic mass is 9.79. The van der Waals surface area contributed by atoms with Gasteiger partial charge in [-0.2, -0.15) is 0 Å². The molecule has 0 spiro atoms. The van der Waals surface area contributed by atoms with Crippen LogP contribution in [0.25, 0.3) is 0 Å². The van der Waals surface area contributed by atoms with Gasteiger partial charge in [0, 0.05) is 6.21 Å². The summed E-state index contributed by atoms with van der Waals surface area (Å²) in [6.45, 7) is 1.93. The number of hydrogen-bond acceptors (Lipinski definition) is 3. The van der Waals surface area contributed by atoms with Crippen LogP contribution in [0.5, 0.6) is 0 Å². The Bertz CT molecular complexity index is 347. The molecule has 0 radical (unpaired) electrons. The molecule has 1 rings (SSSR count). The highest BCUT2D eigenvalue weighted by molar-refractivity contribution is 6.57. The van der Waals surface area contributed by atoms with E-state index in [2.05, 4.69) is 4.99 Å². The van der Waals surface area contributed by atoms with E-state index >= 15 is 0 Å². The van der Waals surface area contributed by atoms with E-state index in [0.717, 1.165) is 12.1 Å². The average Bonchev–Trinajstić information content (AvgIpc) is 2.25. The molecule has 78 valence electrons. The average molecular weight is 203 g/mol. The van der Waals surface area contributed by atoms with Crippen LogP contribution in [0.15, 0.2) is 46.9 Å². The molecule has 0 heterocycles. The van der Waals surface area contributed by atoms with Gasteiger partial charge < -0.3 is 10.0 Å². The van der Waals surface area contributed by atoms with Crippen LogP contribution in [-0.2, 0) is 0 Å². The first-order valence-electron chi connectivity index (χ1n) is 4.89. The molecular formula is C11H14BNO2. The second kappa shape index (κ2) is 6.16. The lowest BCUT2D eigenvalue weighted by Gasteiger charge is -1.98. The van der Waals surface area contributed by atoms with Crippen molar-refractivity contribution in [2.45, 2.75) is 13.3 Å². The van der Waals surface area contributed by atoms with Gasteiger partial charge in [0.1, 0.15) is 0 Å². The molecule has 0 saturated heterocycles. The third kappa shape index (κ3) is 4.10. The molecule has 0 aromatic heterocycles. The Hall–Kier alpha value is -1.39. The molecule has 3 nitrogen and oxygen atoms in total. The molecule has 0 bridgehead atoms. The molecule has 0 aliphatic carbocycles. The molecule has 0 amide bonds. The molecule has 0 aliphatic heterocycles. The molecule has 0 saturated carbocycles. The van der Waals surface area contributed by atoms with Crippen molar-refractivity contribution >= 4 is 19.0 Å². The summed E-state index contributed by atoms with van der Waals surface area (Å²) in [6, 6.07) is 9.37. The van der Waals surface area contributed by atoms with Gasteiger partial charge >= 0.3 is 7.12 Å². The fourth-order valence-corrected chi connectivity index (χ4v) is 1.12. The molecule has 0 fully saturated rings. The second-order valence-electron chi connectivity index (χ2n) is 3.08. The van der Waals surface area contributed by atoms with E-state index in [9.17, 15) is 0 Å². The van der Waals surface area contributed by atoms with Crippen LogP contribution in [-0.4, -0.2) is 23.4 Å². The maximum Gasteiger partial charge on any atom is 0.489 e. The van der Waals surface area contributed by atoms with Crippen LogP contribution in [0.1, 0.15) is 13.3 Å². The topological polar surface area (TPSA) is 52.8 Å². The minimum absolute atomic E-state index is 0.418. The van der Waals surface area contributed by atoms with E-state index in [-0.39, 0.29) is 0 Å². The third-order valence-corrected chi connectivity index (χ3v) is 1.86. The summed E-state index contributed by atoms with van der Waals surface area (Å²) in [7, 11) is -1.46. The summed E-state index contributed by atoms with van der Waals surface area (Å²) in [5.74, 6) is 0. The van der Waals surface area contributed by atoms with Gasteiger partial charge in [-0.1, -0.05) is 31.2 Å². The van der Waals surface area contributed by atoms with Crippen LogP contribution in [0.2, 0.25) is 0 Å². The van der Waals surface area contributed by atoms with E-state index < -0.39 is 7.12 Å². The van der Waals surface area contributed by atoms with E-state index in [4.69, 9.17) is 10.0 Å². The number of hydrogen-bond donors (Lipinski definition) is 2. The van der Waals surface area contributed by atoms with Gasteiger partial charge in [0.15, 0.2) is 0 Å². The van der Waals surface area contributed by atoms with Crippen molar-refractivity contribution in [2.24, 2.45) is 4.99 Å². The Morgan fingerprint density at radius 3 is 2.53 bits per heavy atom. The van der Waals surface area contributed by atoms with Crippen molar-refractivity contribution in [1.82, 2.24) is 0 Å². The minimum atomic E-state index is -1.46. The predicted molar refractivity (Wildman–Crippen MR) is 63.2 cm³/mol. The Balaban J connectivity index is 2.75. The number of allylic oxidation sites excluding steroid dienone is 2. The van der Waals surface area contributed by atoms with E-state index in [1.807, 2.05) is 37.3 Å². The fourth-order valence-electron chi connectivity index (χ4n) is 1.12. The highest BCUT2D eigenvalue weighted by atomic mass is 16.4. The fraction of sp³-hybridized carbons (Fsp3) is 0.182. The lowest BCUT2D eigenvalue weighted by molar-refractivity contribution is 0.421. The lowest BCUT2D eigenvalue weighted by Crippen LogP contribution is -2.16. The zero-order valence-electron chi connectivity index (χ0n) is 8.67. The zero-order valence-corrected chi connectivity index (χ0v) is 8.67. The summed E-state index contributed by atoms with van der Waals surface area (Å²) in [5, 5.41) is 18.0. The first kappa shape index (κ1) is 11.7. The van der Waals surface area contributed by atoms with Crippen LogP contribution in [0, 0.1) is 0 Å². The van der Waals surface area contributed by atoms with E-state index in [0.29, 0.717) is 5.47 Å². The van der Waals surface area contributed by atoms with Crippen molar-refractivity contribution in [1.29, 1.82) is 0 Å². The SMILES string of the molecule is CC/C=C(\C=Nc1ccccc1)B(O)O. The van der Waals surface area contributed by atoms with Crippen molar-refractivity contribution in [2.75, 3.05) is 0 Å². The van der Waals surface area contributed by atoms with Crippen molar-refractivity contribution in [3.63, 3.8) is 0 Å². The van der Waals surface area contributed by atoms with E-state index in [1.54, 1.807) is 6.08 Å². The molecule has 2 N–H and O–H groups in total. The molecule has 1 aromatic carbocycles. The molecule has 0 aliphatic rings. The van der Waals surface area contributed by atoms with Gasteiger partial charge in [-0.05, 0) is 24.0 Å². The van der Waals surface area contributed by atoms with Crippen LogP contribution < -0.4 is 0 Å². The van der Waals surface area contributed by atoms with Crippen molar-refractivity contribution in [3.8, 4) is 0 Å². The first-order valence-corrected chi connectivity index (χ1v) is 4.89. The smallest absolute Gasteiger partial charge is 0.423 e. The predicted octanol–water partition coefficient (Wildman–Crippen LogP) is 1.74. The Labute approximate surface area is 89.9 Å². The van der Waals surface area contributed by atoms with Gasteiger partial charge in [-0.25, -0.2) is 0 Å². The van der Waals surface area contributed by atoms with Gasteiger partial charge in [0.2, 0.25) is 0 Å². The summed E-state index contributed by atoms with van der Waals surface area (Å²) >= 11 is 0. The second-order valence-corrected chi connectivity index (χ2v) is 3.08. The molecule has 1 aromatic rings. The number of benzene rings is 1. The van der Waals surface area contributed by atoms with Crippen LogP contribution >= 0.6 is 0 Å². The van der Waals surface area contributed by atoms with Gasteiger partial charge in [0.05, 0.1) is 5.69 Å². The van der Waals surface area contributed by atoms with Crippen LogP contribution in [0.3, 0.4) is 0 Å². The normalized spacial score (nSPS) is 12.1. The first-order chi connectivity index (χ1) is 7.24. The van der Waals surface area contributed by atoms with Gasteiger partial charge in [-0.15, -0.1) is 0 Å². The maximum absolute atomic E-state index is 9.02. The number of aliphatic imine (C=N–C) groups is 1. The number of rotatable bonds is 4. The Morgan fingerprint density at radius 2 is 2.00 bits per heavy atom. The monoisotopic (exact) mass is 203 g/mol. The number of nitrogens with zero attached hydrogens (tertiary/aromatic N) is 1. The zero-order chi connectivity index (χ0) is 11.1. The quantitative estimate of drug-likeness (QED) is 0.578. The standard InChI is InChI=1S/C11H14BNO2/c1-2-6-10(12(14)15)9-13-11-7-4-3-5-8-11/h3-9,14-15H,2H2,1H3/b10-6+,13-9?. The number of para-hydroxylation sites is 1. The molecule has 0 unspecified atom stereocenters. The summed E-state index contributed by atoms with van der Waals surface area (Å²) in [6.07, 6.45) is 3.95.